The first kappa shape index (κ1) is 24.2. The third-order valence-corrected chi connectivity index (χ3v) is 9.77. The van der Waals surface area contributed by atoms with Crippen LogP contribution in [0.25, 0.3) is 86.1 Å². The minimum absolute atomic E-state index is 0.946. The van der Waals surface area contributed by atoms with Crippen LogP contribution in [0.3, 0.4) is 0 Å². The van der Waals surface area contributed by atoms with Crippen molar-refractivity contribution >= 4 is 64.1 Å². The van der Waals surface area contributed by atoms with Crippen molar-refractivity contribution in [2.45, 2.75) is 0 Å². The molecule has 0 saturated heterocycles. The molecule has 0 saturated carbocycles. The topological polar surface area (TPSA) is 25.8 Å². The monoisotopic (exact) mass is 564 g/mol. The molecule has 9 rings (SSSR count). The van der Waals surface area contributed by atoms with E-state index >= 15 is 0 Å². The first-order valence-electron chi connectivity index (χ1n) is 14.5. The van der Waals surface area contributed by atoms with Crippen molar-refractivity contribution in [3.63, 3.8) is 0 Å². The molecule has 0 unspecified atom stereocenters. The van der Waals surface area contributed by atoms with Gasteiger partial charge >= 0.3 is 0 Å². The van der Waals surface area contributed by atoms with Crippen LogP contribution in [0.5, 0.6) is 0 Å². The van der Waals surface area contributed by atoms with Gasteiger partial charge in [-0.05, 0) is 68.4 Å². The van der Waals surface area contributed by atoms with Crippen molar-refractivity contribution in [3.8, 4) is 33.4 Å². The van der Waals surface area contributed by atoms with Crippen molar-refractivity contribution in [2.75, 3.05) is 0 Å². The van der Waals surface area contributed by atoms with E-state index in [0.29, 0.717) is 0 Å². The second-order valence-electron chi connectivity index (χ2n) is 11.0. The Balaban J connectivity index is 1.17. The number of hydrogen-bond donors (Lipinski definition) is 0. The third-order valence-electron chi connectivity index (χ3n) is 8.55. The average molecular weight is 565 g/mol. The number of thiophene rings is 1. The van der Waals surface area contributed by atoms with Crippen LogP contribution in [0.2, 0.25) is 0 Å². The van der Waals surface area contributed by atoms with Gasteiger partial charge in [-0.2, -0.15) is 0 Å². The summed E-state index contributed by atoms with van der Waals surface area (Å²) in [6.07, 6.45) is 3.56. The molecule has 0 aliphatic rings. The van der Waals surface area contributed by atoms with Gasteiger partial charge in [0.15, 0.2) is 0 Å². The molecule has 0 aliphatic carbocycles. The number of nitrogens with zero attached hydrogens (tertiary/aromatic N) is 2. The summed E-state index contributed by atoms with van der Waals surface area (Å²) >= 11 is 1.88. The summed E-state index contributed by atoms with van der Waals surface area (Å²) in [6, 6.07) is 48.4. The van der Waals surface area contributed by atoms with E-state index in [0.717, 1.165) is 21.8 Å². The van der Waals surface area contributed by atoms with Crippen LogP contribution in [0.15, 0.2) is 146 Å². The number of aromatic nitrogens is 2. The van der Waals surface area contributed by atoms with Gasteiger partial charge in [-0.3, -0.25) is 9.97 Å². The van der Waals surface area contributed by atoms with Gasteiger partial charge < -0.3 is 0 Å². The summed E-state index contributed by atoms with van der Waals surface area (Å²) in [5.41, 5.74) is 9.23. The highest BCUT2D eigenvalue weighted by atomic mass is 32.1. The lowest BCUT2D eigenvalue weighted by Crippen LogP contribution is -1.89. The highest BCUT2D eigenvalue weighted by Crippen LogP contribution is 2.41. The van der Waals surface area contributed by atoms with Crippen molar-refractivity contribution < 1.29 is 0 Å². The number of fused-ring (bicyclic) bond motifs is 9. The first-order chi connectivity index (χ1) is 21.3. The number of rotatable bonds is 3. The van der Waals surface area contributed by atoms with Crippen LogP contribution in [-0.4, -0.2) is 9.97 Å². The molecule has 2 nitrogen and oxygen atoms in total. The summed E-state index contributed by atoms with van der Waals surface area (Å²) in [5, 5.41) is 7.32. The molecule has 0 atom stereocenters. The fourth-order valence-corrected chi connectivity index (χ4v) is 7.77. The van der Waals surface area contributed by atoms with Gasteiger partial charge in [0.2, 0.25) is 0 Å². The molecular weight excluding hydrogens is 541 g/mol. The van der Waals surface area contributed by atoms with Gasteiger partial charge in [-0.1, -0.05) is 109 Å². The van der Waals surface area contributed by atoms with E-state index in [2.05, 4.69) is 138 Å². The molecule has 0 fully saturated rings. The molecule has 7 aromatic carbocycles. The fraction of sp³-hybridized carbons (Fsp3) is 0. The highest BCUT2D eigenvalue weighted by molar-refractivity contribution is 7.26. The summed E-state index contributed by atoms with van der Waals surface area (Å²) in [7, 11) is 0. The molecule has 0 aliphatic heterocycles. The quantitative estimate of drug-likeness (QED) is 0.199. The van der Waals surface area contributed by atoms with Crippen LogP contribution in [-0.2, 0) is 0 Å². The van der Waals surface area contributed by atoms with Crippen LogP contribution in [0.1, 0.15) is 0 Å². The molecule has 0 spiro atoms. The van der Waals surface area contributed by atoms with E-state index < -0.39 is 0 Å². The standard InChI is InChI=1S/C40H24N2S/c1-2-14-33-31(12-1)36-24-28(18-19-34(36)39-38(33)41-20-21-42-39)26-9-5-8-25(22-26)27-10-6-11-29(23-27)30-15-7-16-35-32-13-3-4-17-37(32)43-40(30)35/h1-24H. The molecule has 3 heteroatoms. The zero-order chi connectivity index (χ0) is 28.3. The zero-order valence-corrected chi connectivity index (χ0v) is 24.0. The molecule has 0 radical (unpaired) electrons. The smallest absolute Gasteiger partial charge is 0.0971 e. The van der Waals surface area contributed by atoms with Crippen LogP contribution < -0.4 is 0 Å². The van der Waals surface area contributed by atoms with Crippen molar-refractivity contribution in [2.24, 2.45) is 0 Å². The lowest BCUT2D eigenvalue weighted by atomic mass is 9.93. The van der Waals surface area contributed by atoms with E-state index in [9.17, 15) is 0 Å². The Hall–Kier alpha value is -5.38. The van der Waals surface area contributed by atoms with Gasteiger partial charge in [0, 0.05) is 43.3 Å². The maximum absolute atomic E-state index is 4.72. The van der Waals surface area contributed by atoms with Crippen molar-refractivity contribution in [3.05, 3.63) is 146 Å². The average Bonchev–Trinajstić information content (AvgIpc) is 3.47. The van der Waals surface area contributed by atoms with Gasteiger partial charge in [-0.25, -0.2) is 0 Å². The molecule has 43 heavy (non-hydrogen) atoms. The first-order valence-corrected chi connectivity index (χ1v) is 15.3. The largest absolute Gasteiger partial charge is 0.252 e. The van der Waals surface area contributed by atoms with Gasteiger partial charge in [0.05, 0.1) is 11.0 Å². The predicted octanol–water partition coefficient (Wildman–Crippen LogP) is 11.3. The van der Waals surface area contributed by atoms with E-state index in [-0.39, 0.29) is 0 Å². The van der Waals surface area contributed by atoms with Gasteiger partial charge in [0.1, 0.15) is 0 Å². The minimum Gasteiger partial charge on any atom is -0.252 e. The Morgan fingerprint density at radius 1 is 0.372 bits per heavy atom. The fourth-order valence-electron chi connectivity index (χ4n) is 6.53. The molecule has 2 aromatic heterocycles. The lowest BCUT2D eigenvalue weighted by molar-refractivity contribution is 1.31. The van der Waals surface area contributed by atoms with Crippen LogP contribution in [0, 0.1) is 0 Å². The van der Waals surface area contributed by atoms with E-state index in [1.165, 1.54) is 64.3 Å². The van der Waals surface area contributed by atoms with Gasteiger partial charge in [0.25, 0.3) is 0 Å². The summed E-state index contributed by atoms with van der Waals surface area (Å²) in [5.74, 6) is 0. The molecule has 200 valence electrons. The van der Waals surface area contributed by atoms with Crippen LogP contribution >= 0.6 is 11.3 Å². The number of benzene rings is 7. The second kappa shape index (κ2) is 9.59. The van der Waals surface area contributed by atoms with Crippen LogP contribution in [0.4, 0.5) is 0 Å². The Morgan fingerprint density at radius 3 is 1.70 bits per heavy atom. The van der Waals surface area contributed by atoms with Crippen molar-refractivity contribution in [1.82, 2.24) is 9.97 Å². The summed E-state index contributed by atoms with van der Waals surface area (Å²) in [4.78, 5) is 9.40. The molecule has 0 amide bonds. The maximum Gasteiger partial charge on any atom is 0.0971 e. The molecular formula is C40H24N2S. The highest BCUT2D eigenvalue weighted by Gasteiger charge is 2.13. The SMILES string of the molecule is c1cc(-c2cccc(-c3cccc4c3sc3ccccc34)c2)cc(-c2ccc3c(c2)c2ccccc2c2nccnc32)c1. The Bertz CT molecular complexity index is 2490. The third kappa shape index (κ3) is 3.86. The second-order valence-corrected chi connectivity index (χ2v) is 12.1. The molecule has 0 bridgehead atoms. The summed E-state index contributed by atoms with van der Waals surface area (Å²) < 4.78 is 2.67. The summed E-state index contributed by atoms with van der Waals surface area (Å²) in [6.45, 7) is 0. The zero-order valence-electron chi connectivity index (χ0n) is 23.2. The Morgan fingerprint density at radius 2 is 0.930 bits per heavy atom. The molecule has 0 N–H and O–H groups in total. The minimum atomic E-state index is 0.946. The van der Waals surface area contributed by atoms with E-state index in [1.807, 2.05) is 11.3 Å². The normalized spacial score (nSPS) is 11.7. The molecule has 9 aromatic rings. The number of hydrogen-bond acceptors (Lipinski definition) is 3. The lowest BCUT2D eigenvalue weighted by Gasteiger charge is -2.12. The van der Waals surface area contributed by atoms with Gasteiger partial charge in [-0.15, -0.1) is 11.3 Å². The predicted molar refractivity (Wildman–Crippen MR) is 184 cm³/mol. The maximum atomic E-state index is 4.72. The molecule has 2 heterocycles. The van der Waals surface area contributed by atoms with E-state index in [1.54, 1.807) is 12.4 Å². The van der Waals surface area contributed by atoms with E-state index in [4.69, 9.17) is 4.98 Å². The Labute approximate surface area is 252 Å². The van der Waals surface area contributed by atoms with Crippen molar-refractivity contribution in [1.29, 1.82) is 0 Å². The Kier molecular flexibility index (Phi) is 5.40.